The SMILES string of the molecule is CCN(CC(=O)Nc1cc(C(C)(C)C)nn1-c1cccc(C)c1)C(=O)c1ccc(C(C)(C)C)cc1. The molecule has 35 heavy (non-hydrogen) atoms. The van der Waals surface area contributed by atoms with Gasteiger partial charge in [-0.3, -0.25) is 9.59 Å². The van der Waals surface area contributed by atoms with Crippen molar-refractivity contribution < 1.29 is 9.59 Å². The van der Waals surface area contributed by atoms with Crippen LogP contribution in [0.1, 0.15) is 75.6 Å². The number of anilines is 1. The Balaban J connectivity index is 1.81. The van der Waals surface area contributed by atoms with Crippen LogP contribution in [0.3, 0.4) is 0 Å². The van der Waals surface area contributed by atoms with Gasteiger partial charge >= 0.3 is 0 Å². The highest BCUT2D eigenvalue weighted by Crippen LogP contribution is 2.27. The minimum absolute atomic E-state index is 0.0120. The number of carbonyl (C=O) groups excluding carboxylic acids is 2. The highest BCUT2D eigenvalue weighted by molar-refractivity contribution is 5.99. The molecule has 3 rings (SSSR count). The van der Waals surface area contributed by atoms with Crippen molar-refractivity contribution >= 4 is 17.6 Å². The van der Waals surface area contributed by atoms with Crippen LogP contribution in [0.15, 0.2) is 54.6 Å². The van der Waals surface area contributed by atoms with E-state index >= 15 is 0 Å². The molecule has 6 heteroatoms. The van der Waals surface area contributed by atoms with Crippen molar-refractivity contribution in [3.8, 4) is 5.69 Å². The summed E-state index contributed by atoms with van der Waals surface area (Å²) in [5, 5.41) is 7.77. The van der Waals surface area contributed by atoms with E-state index in [1.165, 1.54) is 0 Å². The zero-order chi connectivity index (χ0) is 26.0. The molecule has 0 aliphatic rings. The fourth-order valence-electron chi connectivity index (χ4n) is 3.77. The molecule has 0 aliphatic carbocycles. The van der Waals surface area contributed by atoms with Crippen molar-refractivity contribution in [1.29, 1.82) is 0 Å². The van der Waals surface area contributed by atoms with Gasteiger partial charge in [-0.1, -0.05) is 65.8 Å². The summed E-state index contributed by atoms with van der Waals surface area (Å²) in [7, 11) is 0. The molecule has 6 nitrogen and oxygen atoms in total. The van der Waals surface area contributed by atoms with E-state index in [0.717, 1.165) is 22.5 Å². The van der Waals surface area contributed by atoms with Crippen LogP contribution in [0, 0.1) is 6.92 Å². The van der Waals surface area contributed by atoms with Crippen LogP contribution in [0.2, 0.25) is 0 Å². The Kier molecular flexibility index (Phi) is 7.53. The van der Waals surface area contributed by atoms with E-state index < -0.39 is 0 Å². The molecule has 3 aromatic rings. The lowest BCUT2D eigenvalue weighted by Crippen LogP contribution is -2.38. The van der Waals surface area contributed by atoms with Crippen LogP contribution < -0.4 is 5.32 Å². The van der Waals surface area contributed by atoms with Gasteiger partial charge in [-0.15, -0.1) is 0 Å². The average Bonchev–Trinajstić information content (AvgIpc) is 3.21. The van der Waals surface area contributed by atoms with Crippen LogP contribution in [-0.4, -0.2) is 39.6 Å². The van der Waals surface area contributed by atoms with Gasteiger partial charge in [0, 0.05) is 23.6 Å². The molecule has 0 bridgehead atoms. The number of amides is 2. The van der Waals surface area contributed by atoms with Crippen molar-refractivity contribution in [1.82, 2.24) is 14.7 Å². The molecular weight excluding hydrogens is 436 g/mol. The number of aryl methyl sites for hydroxylation is 1. The highest BCUT2D eigenvalue weighted by atomic mass is 16.2. The Morgan fingerprint density at radius 1 is 0.943 bits per heavy atom. The summed E-state index contributed by atoms with van der Waals surface area (Å²) < 4.78 is 1.76. The summed E-state index contributed by atoms with van der Waals surface area (Å²) in [6.45, 7) is 17.0. The molecule has 0 atom stereocenters. The lowest BCUT2D eigenvalue weighted by Gasteiger charge is -2.22. The Hall–Kier alpha value is -3.41. The van der Waals surface area contributed by atoms with E-state index in [-0.39, 0.29) is 29.2 Å². The average molecular weight is 475 g/mol. The first-order valence-electron chi connectivity index (χ1n) is 12.2. The Morgan fingerprint density at radius 2 is 1.60 bits per heavy atom. The van der Waals surface area contributed by atoms with Gasteiger partial charge in [0.25, 0.3) is 5.91 Å². The molecule has 1 heterocycles. The van der Waals surface area contributed by atoms with Crippen molar-refractivity contribution in [2.75, 3.05) is 18.4 Å². The fourth-order valence-corrected chi connectivity index (χ4v) is 3.77. The quantitative estimate of drug-likeness (QED) is 0.485. The Bertz CT molecular complexity index is 1190. The number of hydrogen-bond acceptors (Lipinski definition) is 3. The van der Waals surface area contributed by atoms with Gasteiger partial charge in [0.15, 0.2) is 0 Å². The molecule has 1 aromatic heterocycles. The first-order valence-corrected chi connectivity index (χ1v) is 12.2. The first kappa shape index (κ1) is 26.2. The lowest BCUT2D eigenvalue weighted by atomic mass is 9.86. The molecular formula is C29H38N4O2. The number of carbonyl (C=O) groups is 2. The van der Waals surface area contributed by atoms with E-state index in [1.54, 1.807) is 9.58 Å². The molecule has 0 radical (unpaired) electrons. The first-order chi connectivity index (χ1) is 16.3. The standard InChI is InChI=1S/C29H38N4O2/c1-9-32(27(35)21-13-15-22(16-14-21)28(3,4)5)19-26(34)30-25-18-24(29(6,7)8)31-33(25)23-12-10-11-20(2)17-23/h10-18H,9,19H2,1-8H3,(H,30,34). The third-order valence-electron chi connectivity index (χ3n) is 5.99. The van der Waals surface area contributed by atoms with Crippen molar-refractivity contribution in [3.63, 3.8) is 0 Å². The Labute approximate surface area is 209 Å². The van der Waals surface area contributed by atoms with Crippen LogP contribution in [0.5, 0.6) is 0 Å². The summed E-state index contributed by atoms with van der Waals surface area (Å²) >= 11 is 0. The number of hydrogen-bond donors (Lipinski definition) is 1. The highest BCUT2D eigenvalue weighted by Gasteiger charge is 2.23. The number of nitrogens with one attached hydrogen (secondary N) is 1. The molecule has 0 saturated heterocycles. The fraction of sp³-hybridized carbons (Fsp3) is 0.414. The van der Waals surface area contributed by atoms with Gasteiger partial charge in [0.1, 0.15) is 12.4 Å². The van der Waals surface area contributed by atoms with E-state index in [4.69, 9.17) is 5.10 Å². The van der Waals surface area contributed by atoms with Gasteiger partial charge in [-0.2, -0.15) is 5.10 Å². The second-order valence-corrected chi connectivity index (χ2v) is 11.1. The third kappa shape index (κ3) is 6.38. The monoisotopic (exact) mass is 474 g/mol. The summed E-state index contributed by atoms with van der Waals surface area (Å²) in [5.74, 6) is 0.162. The number of aromatic nitrogens is 2. The molecule has 0 fully saturated rings. The third-order valence-corrected chi connectivity index (χ3v) is 5.99. The maximum atomic E-state index is 13.1. The van der Waals surface area contributed by atoms with Gasteiger partial charge in [-0.25, -0.2) is 4.68 Å². The van der Waals surface area contributed by atoms with E-state index in [9.17, 15) is 9.59 Å². The number of benzene rings is 2. The molecule has 1 N–H and O–H groups in total. The number of likely N-dealkylation sites (N-methyl/N-ethyl adjacent to an activating group) is 1. The van der Waals surface area contributed by atoms with E-state index in [0.29, 0.717) is 17.9 Å². The van der Waals surface area contributed by atoms with Crippen molar-refractivity contribution in [2.45, 2.75) is 66.2 Å². The van der Waals surface area contributed by atoms with Crippen LogP contribution in [-0.2, 0) is 15.6 Å². The van der Waals surface area contributed by atoms with Crippen LogP contribution >= 0.6 is 0 Å². The van der Waals surface area contributed by atoms with E-state index in [1.807, 2.05) is 68.4 Å². The summed E-state index contributed by atoms with van der Waals surface area (Å²) in [4.78, 5) is 27.7. The number of nitrogens with zero attached hydrogens (tertiary/aromatic N) is 3. The minimum Gasteiger partial charge on any atom is -0.330 e. The smallest absolute Gasteiger partial charge is 0.254 e. The molecule has 0 unspecified atom stereocenters. The zero-order valence-corrected chi connectivity index (χ0v) is 22.3. The van der Waals surface area contributed by atoms with Gasteiger partial charge in [-0.05, 0) is 54.7 Å². The lowest BCUT2D eigenvalue weighted by molar-refractivity contribution is -0.116. The summed E-state index contributed by atoms with van der Waals surface area (Å²) in [6.07, 6.45) is 0. The Morgan fingerprint density at radius 3 is 2.14 bits per heavy atom. The second kappa shape index (κ2) is 10.1. The summed E-state index contributed by atoms with van der Waals surface area (Å²) in [5.41, 5.74) is 4.42. The molecule has 0 aliphatic heterocycles. The van der Waals surface area contributed by atoms with Crippen molar-refractivity contribution in [3.05, 3.63) is 77.0 Å². The predicted octanol–water partition coefficient (Wildman–Crippen LogP) is 5.88. The van der Waals surface area contributed by atoms with E-state index in [2.05, 4.69) is 46.9 Å². The summed E-state index contributed by atoms with van der Waals surface area (Å²) in [6, 6.07) is 17.5. The van der Waals surface area contributed by atoms with Crippen LogP contribution in [0.4, 0.5) is 5.82 Å². The van der Waals surface area contributed by atoms with Gasteiger partial charge < -0.3 is 10.2 Å². The van der Waals surface area contributed by atoms with Gasteiger partial charge in [0.05, 0.1) is 11.4 Å². The molecule has 0 spiro atoms. The number of rotatable bonds is 6. The van der Waals surface area contributed by atoms with Crippen LogP contribution in [0.25, 0.3) is 5.69 Å². The molecule has 2 amide bonds. The zero-order valence-electron chi connectivity index (χ0n) is 22.3. The molecule has 0 saturated carbocycles. The van der Waals surface area contributed by atoms with Crippen molar-refractivity contribution in [2.24, 2.45) is 0 Å². The molecule has 2 aromatic carbocycles. The predicted molar refractivity (Wildman–Crippen MR) is 142 cm³/mol. The minimum atomic E-state index is -0.263. The maximum absolute atomic E-state index is 13.1. The molecule has 186 valence electrons. The second-order valence-electron chi connectivity index (χ2n) is 11.1. The normalized spacial score (nSPS) is 11.9. The topological polar surface area (TPSA) is 67.2 Å². The largest absolute Gasteiger partial charge is 0.330 e. The maximum Gasteiger partial charge on any atom is 0.254 e. The van der Waals surface area contributed by atoms with Gasteiger partial charge in [0.2, 0.25) is 5.91 Å².